The molecule has 1 aromatic rings. The number of unbranched alkanes of at least 4 members (excludes halogenated alkanes) is 2. The van der Waals surface area contributed by atoms with E-state index in [-0.39, 0.29) is 0 Å². The third kappa shape index (κ3) is 4.52. The molecule has 0 N–H and O–H groups in total. The molecule has 0 aliphatic heterocycles. The number of hydrogen-bond donors (Lipinski definition) is 0. The fourth-order valence-corrected chi connectivity index (χ4v) is 4.79. The molecule has 0 saturated heterocycles. The van der Waals surface area contributed by atoms with Gasteiger partial charge in [0.15, 0.2) is 0 Å². The molecular weight excluding hydrogens is 264 g/mol. The van der Waals surface area contributed by atoms with Crippen molar-refractivity contribution in [1.29, 1.82) is 0 Å². The topological polar surface area (TPSA) is 0 Å². The summed E-state index contributed by atoms with van der Waals surface area (Å²) in [4.78, 5) is 0. The van der Waals surface area contributed by atoms with Crippen molar-refractivity contribution in [2.75, 3.05) is 5.33 Å². The van der Waals surface area contributed by atoms with Gasteiger partial charge in [0.05, 0.1) is 8.07 Å². The van der Waals surface area contributed by atoms with Crippen molar-refractivity contribution in [3.63, 3.8) is 0 Å². The molecule has 0 aliphatic carbocycles. The maximum absolute atomic E-state index is 3.49. The van der Waals surface area contributed by atoms with Gasteiger partial charge >= 0.3 is 0 Å². The predicted molar refractivity (Wildman–Crippen MR) is 76.0 cm³/mol. The van der Waals surface area contributed by atoms with Crippen LogP contribution in [0.4, 0.5) is 0 Å². The summed E-state index contributed by atoms with van der Waals surface area (Å²) in [5, 5.41) is 2.75. The summed E-state index contributed by atoms with van der Waals surface area (Å²) in [6, 6.07) is 12.5. The maximum Gasteiger partial charge on any atom is 0.0806 e. The van der Waals surface area contributed by atoms with E-state index in [1.165, 1.54) is 25.3 Å². The Morgan fingerprint density at radius 2 is 1.67 bits per heavy atom. The molecule has 0 nitrogen and oxygen atoms in total. The average Bonchev–Trinajstić information content (AvgIpc) is 2.26. The number of halogens is 1. The Morgan fingerprint density at radius 1 is 1.00 bits per heavy atom. The van der Waals surface area contributed by atoms with E-state index >= 15 is 0 Å². The van der Waals surface area contributed by atoms with Crippen LogP contribution >= 0.6 is 15.9 Å². The first kappa shape index (κ1) is 13.0. The van der Waals surface area contributed by atoms with Gasteiger partial charge in [-0.05, 0) is 6.42 Å². The van der Waals surface area contributed by atoms with Gasteiger partial charge in [-0.25, -0.2) is 0 Å². The molecule has 2 heteroatoms. The molecule has 0 unspecified atom stereocenters. The van der Waals surface area contributed by atoms with Crippen LogP contribution in [0.25, 0.3) is 0 Å². The highest BCUT2D eigenvalue weighted by atomic mass is 79.9. The van der Waals surface area contributed by atoms with Gasteiger partial charge in [0.25, 0.3) is 0 Å². The second-order valence-electron chi connectivity index (χ2n) is 4.75. The minimum atomic E-state index is -1.14. The molecule has 0 aromatic heterocycles. The molecule has 15 heavy (non-hydrogen) atoms. The van der Waals surface area contributed by atoms with Gasteiger partial charge in [0.2, 0.25) is 0 Å². The van der Waals surface area contributed by atoms with Gasteiger partial charge in [-0.1, -0.05) is 83.4 Å². The van der Waals surface area contributed by atoms with Crippen LogP contribution in [0.1, 0.15) is 19.3 Å². The van der Waals surface area contributed by atoms with Crippen molar-refractivity contribution < 1.29 is 0 Å². The summed E-state index contributed by atoms with van der Waals surface area (Å²) < 4.78 is 0. The molecule has 0 saturated carbocycles. The Hall–Kier alpha value is -0.0831. The summed E-state index contributed by atoms with van der Waals surface area (Å²) >= 11 is 3.49. The fourth-order valence-electron chi connectivity index (χ4n) is 1.87. The van der Waals surface area contributed by atoms with E-state index in [1.807, 2.05) is 0 Å². The second-order valence-corrected chi connectivity index (χ2v) is 10.4. The smallest absolute Gasteiger partial charge is 0.0806 e. The molecule has 1 aromatic carbocycles. The van der Waals surface area contributed by atoms with Crippen LogP contribution in [-0.4, -0.2) is 13.4 Å². The highest BCUT2D eigenvalue weighted by molar-refractivity contribution is 9.09. The Kier molecular flexibility index (Phi) is 5.62. The fraction of sp³-hybridized carbons (Fsp3) is 0.538. The van der Waals surface area contributed by atoms with Crippen molar-refractivity contribution in [1.82, 2.24) is 0 Å². The van der Waals surface area contributed by atoms with Crippen molar-refractivity contribution in [3.05, 3.63) is 30.3 Å². The van der Waals surface area contributed by atoms with E-state index in [0.29, 0.717) is 0 Å². The average molecular weight is 285 g/mol. The lowest BCUT2D eigenvalue weighted by molar-refractivity contribution is 0.773. The van der Waals surface area contributed by atoms with E-state index in [0.717, 1.165) is 5.33 Å². The highest BCUT2D eigenvalue weighted by Gasteiger charge is 2.21. The first-order valence-electron chi connectivity index (χ1n) is 5.78. The molecule has 0 atom stereocenters. The summed E-state index contributed by atoms with van der Waals surface area (Å²) in [5.74, 6) is 0. The lowest BCUT2D eigenvalue weighted by Gasteiger charge is -2.22. The Morgan fingerprint density at radius 3 is 2.27 bits per heavy atom. The number of hydrogen-bond acceptors (Lipinski definition) is 0. The summed E-state index contributed by atoms with van der Waals surface area (Å²) in [6.45, 7) is 4.97. The molecule has 1 rings (SSSR count). The van der Waals surface area contributed by atoms with E-state index in [2.05, 4.69) is 59.4 Å². The minimum absolute atomic E-state index is 1.14. The van der Waals surface area contributed by atoms with Crippen LogP contribution in [0.15, 0.2) is 30.3 Å². The second kappa shape index (κ2) is 6.49. The molecule has 84 valence electrons. The van der Waals surface area contributed by atoms with Crippen molar-refractivity contribution in [3.8, 4) is 0 Å². The SMILES string of the molecule is C[Si](C)(CCCCCBr)c1ccccc1. The Labute approximate surface area is 103 Å². The van der Waals surface area contributed by atoms with Gasteiger partial charge < -0.3 is 0 Å². The van der Waals surface area contributed by atoms with Crippen LogP contribution < -0.4 is 5.19 Å². The lowest BCUT2D eigenvalue weighted by atomic mass is 10.3. The van der Waals surface area contributed by atoms with Crippen LogP contribution in [0.2, 0.25) is 19.1 Å². The van der Waals surface area contributed by atoms with Gasteiger partial charge in [0, 0.05) is 5.33 Å². The van der Waals surface area contributed by atoms with Crippen LogP contribution in [0, 0.1) is 0 Å². The first-order valence-corrected chi connectivity index (χ1v) is 10.1. The first-order chi connectivity index (χ1) is 7.17. The molecule has 0 radical (unpaired) electrons. The zero-order valence-corrected chi connectivity index (χ0v) is 12.4. The Bertz CT molecular complexity index is 269. The van der Waals surface area contributed by atoms with E-state index < -0.39 is 8.07 Å². The minimum Gasteiger partial charge on any atom is -0.0928 e. The van der Waals surface area contributed by atoms with E-state index in [9.17, 15) is 0 Å². The van der Waals surface area contributed by atoms with Gasteiger partial charge in [-0.2, -0.15) is 0 Å². The monoisotopic (exact) mass is 284 g/mol. The third-order valence-electron chi connectivity index (χ3n) is 2.99. The zero-order valence-electron chi connectivity index (χ0n) is 9.80. The molecule has 0 heterocycles. The number of rotatable bonds is 6. The quantitative estimate of drug-likeness (QED) is 0.418. The molecule has 0 bridgehead atoms. The molecule has 0 aliphatic rings. The molecule has 0 fully saturated rings. The van der Waals surface area contributed by atoms with Crippen molar-refractivity contribution in [2.45, 2.75) is 38.4 Å². The standard InChI is InChI=1S/C13H21BrSi/c1-15(2,12-8-4-7-11-14)13-9-5-3-6-10-13/h3,5-6,9-10H,4,7-8,11-12H2,1-2H3. The van der Waals surface area contributed by atoms with E-state index in [4.69, 9.17) is 0 Å². The van der Waals surface area contributed by atoms with Crippen molar-refractivity contribution in [2.24, 2.45) is 0 Å². The largest absolute Gasteiger partial charge is 0.0928 e. The number of alkyl halides is 1. The summed E-state index contributed by atoms with van der Waals surface area (Å²) in [7, 11) is -1.14. The van der Waals surface area contributed by atoms with Crippen LogP contribution in [0.3, 0.4) is 0 Å². The number of benzene rings is 1. The summed E-state index contributed by atoms with van der Waals surface area (Å²) in [5.41, 5.74) is 0. The van der Waals surface area contributed by atoms with Crippen LogP contribution in [-0.2, 0) is 0 Å². The van der Waals surface area contributed by atoms with Gasteiger partial charge in [0.1, 0.15) is 0 Å². The van der Waals surface area contributed by atoms with Crippen molar-refractivity contribution >= 4 is 29.2 Å². The van der Waals surface area contributed by atoms with Crippen LogP contribution in [0.5, 0.6) is 0 Å². The molecule has 0 amide bonds. The predicted octanol–water partition coefficient (Wildman–Crippen LogP) is 4.17. The highest BCUT2D eigenvalue weighted by Crippen LogP contribution is 2.15. The maximum atomic E-state index is 3.49. The van der Waals surface area contributed by atoms with Gasteiger partial charge in [-0.3, -0.25) is 0 Å². The zero-order chi connectivity index (χ0) is 11.1. The summed E-state index contributed by atoms with van der Waals surface area (Å²) in [6.07, 6.45) is 4.08. The molecular formula is C13H21BrSi. The third-order valence-corrected chi connectivity index (χ3v) is 7.05. The van der Waals surface area contributed by atoms with Gasteiger partial charge in [-0.15, -0.1) is 0 Å². The normalized spacial score (nSPS) is 11.7. The Balaban J connectivity index is 2.45. The lowest BCUT2D eigenvalue weighted by Crippen LogP contribution is -2.40. The molecule has 0 spiro atoms. The van der Waals surface area contributed by atoms with E-state index in [1.54, 1.807) is 5.19 Å².